The molecule has 1 saturated heterocycles. The molecule has 3 aliphatic heterocycles. The molecule has 4 rings (SSSR count). The summed E-state index contributed by atoms with van der Waals surface area (Å²) in [6.07, 6.45) is 3.83. The van der Waals surface area contributed by atoms with E-state index in [2.05, 4.69) is 34.3 Å². The Morgan fingerprint density at radius 2 is 2.14 bits per heavy atom. The first-order valence-corrected chi connectivity index (χ1v) is 12.3. The molecule has 36 heavy (non-hydrogen) atoms. The Labute approximate surface area is 217 Å². The van der Waals surface area contributed by atoms with Crippen LogP contribution >= 0.6 is 11.6 Å². The van der Waals surface area contributed by atoms with Crippen LogP contribution in [-0.4, -0.2) is 59.9 Å². The van der Waals surface area contributed by atoms with Gasteiger partial charge in [0, 0.05) is 40.4 Å². The van der Waals surface area contributed by atoms with Crippen LogP contribution in [0.5, 0.6) is 0 Å². The Bertz CT molecular complexity index is 1140. The molecule has 3 atom stereocenters. The number of carbonyl (C=O) groups excluding carboxylic acids is 2. The molecule has 0 aliphatic carbocycles. The second-order valence-electron chi connectivity index (χ2n) is 8.27. The zero-order valence-corrected chi connectivity index (χ0v) is 21.9. The van der Waals surface area contributed by atoms with Gasteiger partial charge >= 0.3 is 0 Å². The standard InChI is InChI=1S/C24H29ClN6O3.C2H4/c1-5-15-11-18(17-8-7-16(12-19(17)25)21-29-14(4)34-30-21)24(33)31(6-2)22(15)28-13(3)27-20-9-10-26-23(20)32;1-2/h5,7-8,11-14,20,27H,6,9-10H2,1-4H3,(H,26,32)(H,29,30);1-2H2/b15-5-,28-22+;. The van der Waals surface area contributed by atoms with Gasteiger partial charge in [-0.15, -0.1) is 13.2 Å². The summed E-state index contributed by atoms with van der Waals surface area (Å²) in [7, 11) is 0. The predicted molar refractivity (Wildman–Crippen MR) is 143 cm³/mol. The van der Waals surface area contributed by atoms with Crippen molar-refractivity contribution < 1.29 is 14.4 Å². The lowest BCUT2D eigenvalue weighted by atomic mass is 9.95. The van der Waals surface area contributed by atoms with E-state index in [1.807, 2.05) is 52.0 Å². The van der Waals surface area contributed by atoms with E-state index in [0.29, 0.717) is 47.3 Å². The summed E-state index contributed by atoms with van der Waals surface area (Å²) in [6.45, 7) is 14.6. The van der Waals surface area contributed by atoms with E-state index in [1.165, 1.54) is 0 Å². The number of carbonyl (C=O) groups is 2. The van der Waals surface area contributed by atoms with Gasteiger partial charge in [-0.2, -0.15) is 0 Å². The summed E-state index contributed by atoms with van der Waals surface area (Å²) in [5, 5.41) is 6.49. The summed E-state index contributed by atoms with van der Waals surface area (Å²) in [5.41, 5.74) is 5.50. The fraction of sp³-hybridized carbons (Fsp3) is 0.385. The molecule has 9 nitrogen and oxygen atoms in total. The highest BCUT2D eigenvalue weighted by atomic mass is 35.5. The van der Waals surface area contributed by atoms with Crippen LogP contribution in [-0.2, 0) is 14.4 Å². The van der Waals surface area contributed by atoms with Gasteiger partial charge in [-0.1, -0.05) is 29.8 Å². The molecule has 1 fully saturated rings. The van der Waals surface area contributed by atoms with Crippen LogP contribution in [0.15, 0.2) is 59.1 Å². The van der Waals surface area contributed by atoms with Crippen LogP contribution in [0.1, 0.15) is 45.2 Å². The molecule has 0 bridgehead atoms. The molecule has 0 aromatic heterocycles. The smallest absolute Gasteiger partial charge is 0.260 e. The number of nitrogens with one attached hydrogen (secondary N) is 3. The molecular weight excluding hydrogens is 480 g/mol. The molecular formula is C26H33ClN6O3. The topological polar surface area (TPSA) is 107 Å². The minimum absolute atomic E-state index is 0.0227. The van der Waals surface area contributed by atoms with Crippen LogP contribution in [0.2, 0.25) is 5.02 Å². The molecule has 0 saturated carbocycles. The molecule has 192 valence electrons. The molecule has 10 heteroatoms. The zero-order valence-electron chi connectivity index (χ0n) is 21.1. The van der Waals surface area contributed by atoms with Crippen LogP contribution in [0, 0.1) is 0 Å². The number of amides is 2. The van der Waals surface area contributed by atoms with Crippen LogP contribution < -0.4 is 16.1 Å². The quantitative estimate of drug-likeness (QED) is 0.507. The first kappa shape index (κ1) is 27.3. The Morgan fingerprint density at radius 3 is 2.69 bits per heavy atom. The summed E-state index contributed by atoms with van der Waals surface area (Å²) in [6, 6.07) is 5.17. The first-order chi connectivity index (χ1) is 17.3. The SMILES string of the molecule is C/C=C1/C=C(c2ccc(C3=NC(C)ON3)cc2Cl)C(=O)N(CC)/C1=N/C(C)NC1CCNC1=O.C=C. The number of allylic oxidation sites excluding steroid dienone is 1. The van der Waals surface area contributed by atoms with Gasteiger partial charge in [0.05, 0.1) is 12.2 Å². The third-order valence-corrected chi connectivity index (χ3v) is 6.21. The van der Waals surface area contributed by atoms with Gasteiger partial charge in [-0.05, 0) is 46.3 Å². The number of hydrogen-bond donors (Lipinski definition) is 3. The normalized spacial score (nSPS) is 24.6. The number of amidine groups is 2. The van der Waals surface area contributed by atoms with E-state index in [0.717, 1.165) is 11.1 Å². The summed E-state index contributed by atoms with van der Waals surface area (Å²) >= 11 is 6.62. The molecule has 3 N–H and O–H groups in total. The van der Waals surface area contributed by atoms with Crippen LogP contribution in [0.3, 0.4) is 0 Å². The Hall–Kier alpha value is -3.27. The molecule has 3 aliphatic rings. The monoisotopic (exact) mass is 512 g/mol. The number of hydroxylamine groups is 1. The van der Waals surface area contributed by atoms with E-state index < -0.39 is 0 Å². The van der Waals surface area contributed by atoms with Gasteiger partial charge in [-0.25, -0.2) is 20.3 Å². The molecule has 0 spiro atoms. The molecule has 0 radical (unpaired) electrons. The number of likely N-dealkylation sites (N-methyl/N-ethyl adjacent to an activating group) is 1. The number of aliphatic imine (C=N–C) groups is 2. The van der Waals surface area contributed by atoms with Gasteiger partial charge in [0.2, 0.25) is 5.91 Å². The van der Waals surface area contributed by atoms with Crippen molar-refractivity contribution in [3.63, 3.8) is 0 Å². The Balaban J connectivity index is 0.00000176. The third-order valence-electron chi connectivity index (χ3n) is 5.89. The van der Waals surface area contributed by atoms with Gasteiger partial charge in [0.1, 0.15) is 5.84 Å². The van der Waals surface area contributed by atoms with Gasteiger partial charge in [0.15, 0.2) is 12.1 Å². The van der Waals surface area contributed by atoms with E-state index in [-0.39, 0.29) is 30.2 Å². The number of hydrogen-bond acceptors (Lipinski definition) is 7. The maximum absolute atomic E-state index is 13.5. The average molecular weight is 513 g/mol. The number of rotatable bonds is 6. The predicted octanol–water partition coefficient (Wildman–Crippen LogP) is 3.18. The summed E-state index contributed by atoms with van der Waals surface area (Å²) in [5.74, 6) is 0.965. The number of nitrogens with zero attached hydrogens (tertiary/aromatic N) is 3. The van der Waals surface area contributed by atoms with Crippen molar-refractivity contribution in [1.29, 1.82) is 0 Å². The fourth-order valence-corrected chi connectivity index (χ4v) is 4.46. The highest BCUT2D eigenvalue weighted by Gasteiger charge is 2.32. The minimum atomic E-state index is -0.345. The van der Waals surface area contributed by atoms with Crippen molar-refractivity contribution in [3.05, 3.63) is 65.2 Å². The van der Waals surface area contributed by atoms with E-state index >= 15 is 0 Å². The van der Waals surface area contributed by atoms with Crippen molar-refractivity contribution in [1.82, 2.24) is 21.0 Å². The van der Waals surface area contributed by atoms with Crippen molar-refractivity contribution in [2.24, 2.45) is 9.98 Å². The fourth-order valence-electron chi connectivity index (χ4n) is 4.18. The highest BCUT2D eigenvalue weighted by molar-refractivity contribution is 6.37. The third kappa shape index (κ3) is 5.75. The number of halogens is 1. The molecule has 1 aromatic carbocycles. The second-order valence-corrected chi connectivity index (χ2v) is 8.68. The van der Waals surface area contributed by atoms with Gasteiger partial charge < -0.3 is 5.32 Å². The van der Waals surface area contributed by atoms with Gasteiger partial charge in [0.25, 0.3) is 5.91 Å². The largest absolute Gasteiger partial charge is 0.355 e. The van der Waals surface area contributed by atoms with Crippen molar-refractivity contribution in [3.8, 4) is 0 Å². The van der Waals surface area contributed by atoms with Crippen LogP contribution in [0.25, 0.3) is 5.57 Å². The maximum atomic E-state index is 13.5. The van der Waals surface area contributed by atoms with Crippen molar-refractivity contribution >= 4 is 40.7 Å². The van der Waals surface area contributed by atoms with Crippen molar-refractivity contribution in [2.45, 2.75) is 52.6 Å². The van der Waals surface area contributed by atoms with E-state index in [9.17, 15) is 9.59 Å². The lowest BCUT2D eigenvalue weighted by molar-refractivity contribution is -0.122. The Morgan fingerprint density at radius 1 is 1.39 bits per heavy atom. The molecule has 3 unspecified atom stereocenters. The van der Waals surface area contributed by atoms with Crippen LogP contribution in [0.4, 0.5) is 0 Å². The molecule has 1 aromatic rings. The summed E-state index contributed by atoms with van der Waals surface area (Å²) in [4.78, 5) is 41.4. The zero-order chi connectivity index (χ0) is 26.4. The van der Waals surface area contributed by atoms with E-state index in [4.69, 9.17) is 21.4 Å². The molecule has 2 amide bonds. The lowest BCUT2D eigenvalue weighted by Crippen LogP contribution is -2.45. The van der Waals surface area contributed by atoms with Gasteiger partial charge in [-0.3, -0.25) is 19.8 Å². The number of benzene rings is 1. The average Bonchev–Trinajstić information content (AvgIpc) is 3.49. The lowest BCUT2D eigenvalue weighted by Gasteiger charge is -2.30. The Kier molecular flexibility index (Phi) is 9.19. The van der Waals surface area contributed by atoms with E-state index in [1.54, 1.807) is 11.0 Å². The molecule has 3 heterocycles. The maximum Gasteiger partial charge on any atom is 0.260 e. The highest BCUT2D eigenvalue weighted by Crippen LogP contribution is 2.32. The summed E-state index contributed by atoms with van der Waals surface area (Å²) < 4.78 is 0. The first-order valence-electron chi connectivity index (χ1n) is 11.9. The minimum Gasteiger partial charge on any atom is -0.355 e. The second kappa shape index (κ2) is 12.1. The van der Waals surface area contributed by atoms with Crippen molar-refractivity contribution in [2.75, 3.05) is 13.1 Å².